The summed E-state index contributed by atoms with van der Waals surface area (Å²) in [5.74, 6) is -0.547. The van der Waals surface area contributed by atoms with E-state index in [0.29, 0.717) is 25.7 Å². The summed E-state index contributed by atoms with van der Waals surface area (Å²) < 4.78 is 69.0. The predicted octanol–water partition coefficient (Wildman–Crippen LogP) is 28.2. The van der Waals surface area contributed by atoms with Crippen LogP contribution >= 0.6 is 15.6 Å². The number of unbranched alkanes of at least 4 members (excludes halogenated alkanes) is 59. The van der Waals surface area contributed by atoms with Gasteiger partial charge < -0.3 is 33.8 Å². The molecule has 6 atom stereocenters. The molecule has 0 aromatic carbocycles. The third-order valence-electron chi connectivity index (χ3n) is 21.8. The van der Waals surface area contributed by atoms with Crippen molar-refractivity contribution in [2.75, 3.05) is 39.6 Å². The van der Waals surface area contributed by atoms with Crippen LogP contribution in [0.5, 0.6) is 0 Å². The molecule has 0 aliphatic carbocycles. The summed E-state index contributed by atoms with van der Waals surface area (Å²) >= 11 is 0. The average Bonchev–Trinajstić information content (AvgIpc) is 0.899. The third-order valence-corrected chi connectivity index (χ3v) is 23.7. The number of hydrogen-bond donors (Lipinski definition) is 3. The van der Waals surface area contributed by atoms with Crippen LogP contribution in [0.15, 0.2) is 0 Å². The van der Waals surface area contributed by atoms with Gasteiger partial charge >= 0.3 is 39.5 Å². The van der Waals surface area contributed by atoms with E-state index in [4.69, 9.17) is 37.0 Å². The molecule has 3 N–H and O–H groups in total. The zero-order valence-electron chi connectivity index (χ0n) is 72.6. The van der Waals surface area contributed by atoms with Crippen molar-refractivity contribution in [1.82, 2.24) is 0 Å². The molecule has 0 saturated carbocycles. The fraction of sp³-hybridized carbons (Fsp3) is 0.956. The second kappa shape index (κ2) is 82.2. The van der Waals surface area contributed by atoms with Gasteiger partial charge in [0.05, 0.1) is 26.4 Å². The van der Waals surface area contributed by atoms with E-state index in [2.05, 4.69) is 41.5 Å². The van der Waals surface area contributed by atoms with Gasteiger partial charge in [-0.05, 0) is 37.5 Å². The molecule has 0 heterocycles. The Kier molecular flexibility index (Phi) is 80.7. The van der Waals surface area contributed by atoms with E-state index in [-0.39, 0.29) is 25.7 Å². The van der Waals surface area contributed by atoms with E-state index < -0.39 is 97.5 Å². The number of rotatable bonds is 90. The highest BCUT2D eigenvalue weighted by atomic mass is 31.2. The second-order valence-corrected chi connectivity index (χ2v) is 36.3. The molecule has 0 saturated heterocycles. The maximum Gasteiger partial charge on any atom is 0.472 e. The molecule has 0 amide bonds. The Morgan fingerprint density at radius 3 is 0.691 bits per heavy atom. The first-order valence-electron chi connectivity index (χ1n) is 47.0. The zero-order valence-corrected chi connectivity index (χ0v) is 74.4. The van der Waals surface area contributed by atoms with Crippen LogP contribution in [0.4, 0.5) is 0 Å². The molecule has 110 heavy (non-hydrogen) atoms. The molecule has 3 unspecified atom stereocenters. The van der Waals surface area contributed by atoms with Gasteiger partial charge in [-0.25, -0.2) is 9.13 Å². The number of hydrogen-bond acceptors (Lipinski definition) is 15. The molecular formula is C91H178O17P2. The maximum atomic E-state index is 13.2. The largest absolute Gasteiger partial charge is 0.472 e. The summed E-state index contributed by atoms with van der Waals surface area (Å²) in [5.41, 5.74) is 0. The minimum Gasteiger partial charge on any atom is -0.462 e. The number of aliphatic hydroxyl groups excluding tert-OH is 1. The van der Waals surface area contributed by atoms with Gasteiger partial charge in [0, 0.05) is 25.7 Å². The molecule has 0 bridgehead atoms. The van der Waals surface area contributed by atoms with Gasteiger partial charge in [0.25, 0.3) is 0 Å². The van der Waals surface area contributed by atoms with Crippen LogP contribution in [-0.2, 0) is 65.4 Å². The zero-order chi connectivity index (χ0) is 80.6. The fourth-order valence-corrected chi connectivity index (χ4v) is 15.9. The number of ether oxygens (including phenoxy) is 4. The number of esters is 4. The highest BCUT2D eigenvalue weighted by Gasteiger charge is 2.31. The number of phosphoric ester groups is 2. The van der Waals surface area contributed by atoms with Crippen LogP contribution in [0.2, 0.25) is 0 Å². The van der Waals surface area contributed by atoms with Crippen LogP contribution in [0.1, 0.15) is 491 Å². The van der Waals surface area contributed by atoms with E-state index in [1.54, 1.807) is 0 Å². The number of aliphatic hydroxyl groups is 1. The lowest BCUT2D eigenvalue weighted by Gasteiger charge is -2.21. The molecule has 0 spiro atoms. The van der Waals surface area contributed by atoms with Gasteiger partial charge in [0.2, 0.25) is 0 Å². The molecule has 0 aliphatic rings. The van der Waals surface area contributed by atoms with E-state index in [0.717, 1.165) is 108 Å². The lowest BCUT2D eigenvalue weighted by Crippen LogP contribution is -2.30. The fourth-order valence-electron chi connectivity index (χ4n) is 14.3. The van der Waals surface area contributed by atoms with E-state index in [1.807, 2.05) is 0 Å². The van der Waals surface area contributed by atoms with Gasteiger partial charge in [-0.15, -0.1) is 0 Å². The standard InChI is InChI=1S/C91H178O17P2/c1-7-10-12-14-16-18-20-22-24-26-28-30-34-38-42-46-50-54-61-67-73-88(93)101-79-86(107-90(95)75-69-63-56-52-48-44-40-36-32-31-33-37-41-45-49-53-59-65-71-83(4)5)81-105-109(97,98)103-77-85(92)78-104-110(99,100)106-82-87(80-102-89(94)74-68-62-58-57-60-66-72-84(6)9-3)108-91(96)76-70-64-55-51-47-43-39-35-29-27-25-23-21-19-17-15-13-11-8-2/h83-87,92H,7-82H2,1-6H3,(H,97,98)(H,99,100)/t84?,85-,86-,87-/m1/s1. The van der Waals surface area contributed by atoms with Crippen molar-refractivity contribution in [2.24, 2.45) is 11.8 Å². The molecule has 0 radical (unpaired) electrons. The van der Waals surface area contributed by atoms with Crippen molar-refractivity contribution in [3.63, 3.8) is 0 Å². The van der Waals surface area contributed by atoms with Crippen LogP contribution < -0.4 is 0 Å². The van der Waals surface area contributed by atoms with Crippen molar-refractivity contribution < 1.29 is 80.2 Å². The second-order valence-electron chi connectivity index (χ2n) is 33.4. The summed E-state index contributed by atoms with van der Waals surface area (Å²) in [6.07, 6.45) is 76.6. The smallest absolute Gasteiger partial charge is 0.462 e. The first-order valence-corrected chi connectivity index (χ1v) is 50.0. The van der Waals surface area contributed by atoms with E-state index >= 15 is 0 Å². The predicted molar refractivity (Wildman–Crippen MR) is 455 cm³/mol. The van der Waals surface area contributed by atoms with Gasteiger partial charge in [-0.1, -0.05) is 440 Å². The van der Waals surface area contributed by atoms with Crippen LogP contribution in [-0.4, -0.2) is 96.7 Å². The Hall–Kier alpha value is -1.94. The van der Waals surface area contributed by atoms with Crippen molar-refractivity contribution in [3.05, 3.63) is 0 Å². The molecule has 0 aliphatic heterocycles. The molecule has 0 aromatic heterocycles. The SMILES string of the molecule is CCCCCCCCCCCCCCCCCCCCCCC(=O)OC[C@H](COP(=O)(O)OC[C@@H](O)COP(=O)(O)OC[C@@H](COC(=O)CCCCCCCCC(C)CC)OC(=O)CCCCCCCCCCCCCCCCCCCCC)OC(=O)CCCCCCCCCCCCCCCCCCCCC(C)C. The lowest BCUT2D eigenvalue weighted by atomic mass is 10.00. The molecule has 0 rings (SSSR count). The Morgan fingerprint density at radius 1 is 0.264 bits per heavy atom. The number of carbonyl (C=O) groups is 4. The highest BCUT2D eigenvalue weighted by Crippen LogP contribution is 2.45. The molecule has 0 aromatic rings. The topological polar surface area (TPSA) is 237 Å². The van der Waals surface area contributed by atoms with E-state index in [9.17, 15) is 43.2 Å². The number of phosphoric acid groups is 2. The summed E-state index contributed by atoms with van der Waals surface area (Å²) in [5, 5.41) is 10.7. The van der Waals surface area contributed by atoms with Gasteiger partial charge in [0.15, 0.2) is 12.2 Å². The maximum absolute atomic E-state index is 13.2. The molecule has 19 heteroatoms. The minimum absolute atomic E-state index is 0.108. The van der Waals surface area contributed by atoms with Gasteiger partial charge in [-0.2, -0.15) is 0 Å². The third kappa shape index (κ3) is 82.6. The monoisotopic (exact) mass is 1610 g/mol. The molecule has 17 nitrogen and oxygen atoms in total. The molecule has 654 valence electrons. The Labute approximate surface area is 677 Å². The summed E-state index contributed by atoms with van der Waals surface area (Å²) in [6.45, 7) is 9.70. The van der Waals surface area contributed by atoms with Crippen LogP contribution in [0, 0.1) is 11.8 Å². The lowest BCUT2D eigenvalue weighted by molar-refractivity contribution is -0.161. The molecule has 0 fully saturated rings. The van der Waals surface area contributed by atoms with Crippen molar-refractivity contribution >= 4 is 39.5 Å². The van der Waals surface area contributed by atoms with Gasteiger partial charge in [-0.3, -0.25) is 37.3 Å². The van der Waals surface area contributed by atoms with Crippen molar-refractivity contribution in [1.29, 1.82) is 0 Å². The number of carbonyl (C=O) groups excluding carboxylic acids is 4. The first-order chi connectivity index (χ1) is 53.4. The van der Waals surface area contributed by atoms with Crippen LogP contribution in [0.3, 0.4) is 0 Å². The molecular weight excluding hydrogens is 1430 g/mol. The van der Waals surface area contributed by atoms with E-state index in [1.165, 1.54) is 302 Å². The average molecular weight is 1610 g/mol. The summed E-state index contributed by atoms with van der Waals surface area (Å²) in [7, 11) is -9.94. The minimum atomic E-state index is -4.97. The summed E-state index contributed by atoms with van der Waals surface area (Å²) in [6, 6.07) is 0. The highest BCUT2D eigenvalue weighted by molar-refractivity contribution is 7.47. The Bertz CT molecular complexity index is 2100. The first kappa shape index (κ1) is 108. The Balaban J connectivity index is 5.22. The van der Waals surface area contributed by atoms with Crippen molar-refractivity contribution in [3.8, 4) is 0 Å². The summed E-state index contributed by atoms with van der Waals surface area (Å²) in [4.78, 5) is 73.4. The Morgan fingerprint density at radius 2 is 0.464 bits per heavy atom. The quantitative estimate of drug-likeness (QED) is 0.0222. The van der Waals surface area contributed by atoms with Gasteiger partial charge in [0.1, 0.15) is 19.3 Å². The van der Waals surface area contributed by atoms with Crippen molar-refractivity contribution in [2.45, 2.75) is 509 Å². The van der Waals surface area contributed by atoms with Crippen LogP contribution in [0.25, 0.3) is 0 Å². The normalized spacial score (nSPS) is 14.0.